The molecule has 1 aromatic rings. The Hall–Kier alpha value is -0.810. The molecule has 0 bridgehead atoms. The second-order valence-corrected chi connectivity index (χ2v) is 7.72. The van der Waals surface area contributed by atoms with Crippen LogP contribution in [0.25, 0.3) is 0 Å². The highest BCUT2D eigenvalue weighted by atomic mass is 35.5. The van der Waals surface area contributed by atoms with Gasteiger partial charge in [0.15, 0.2) is 0 Å². The van der Waals surface area contributed by atoms with Crippen LogP contribution in [0, 0.1) is 5.92 Å². The maximum absolute atomic E-state index is 12.3. The molecule has 4 N–H and O–H groups in total. The van der Waals surface area contributed by atoms with Crippen molar-refractivity contribution in [3.63, 3.8) is 0 Å². The van der Waals surface area contributed by atoms with Crippen LogP contribution < -0.4 is 16.4 Å². The Bertz CT molecular complexity index is 519. The van der Waals surface area contributed by atoms with Gasteiger partial charge in [0.1, 0.15) is 0 Å². The minimum Gasteiger partial charge on any atom is -0.353 e. The molecule has 1 aliphatic rings. The maximum Gasteiger partial charge on any atom is 0.236 e. The number of rotatable bonds is 8. The van der Waals surface area contributed by atoms with Gasteiger partial charge in [0.2, 0.25) is 5.91 Å². The molecule has 6 heteroatoms. The summed E-state index contributed by atoms with van der Waals surface area (Å²) in [5.41, 5.74) is 7.28. The number of hydrogen-bond donors (Lipinski definition) is 3. The van der Waals surface area contributed by atoms with E-state index in [-0.39, 0.29) is 42.3 Å². The van der Waals surface area contributed by atoms with Gasteiger partial charge in [-0.2, -0.15) is 0 Å². The van der Waals surface area contributed by atoms with E-state index < -0.39 is 6.04 Å². The molecule has 2 atom stereocenters. The lowest BCUT2D eigenvalue weighted by Gasteiger charge is -2.34. The molecule has 1 aliphatic carbocycles. The SMILES string of the molecule is CC(C)C[C@H](N)C(=O)NCC1(NC(C)c2ccccc2)CCCC1.Cl.Cl. The monoisotopic (exact) mass is 403 g/mol. The van der Waals surface area contributed by atoms with Crippen LogP contribution >= 0.6 is 24.8 Å². The van der Waals surface area contributed by atoms with Crippen LogP contribution in [0.3, 0.4) is 0 Å². The molecule has 0 spiro atoms. The number of nitrogens with two attached hydrogens (primary N) is 1. The number of benzene rings is 1. The Kier molecular flexibility index (Phi) is 11.4. The Labute approximate surface area is 170 Å². The van der Waals surface area contributed by atoms with Crippen molar-refractivity contribution in [2.75, 3.05) is 6.54 Å². The van der Waals surface area contributed by atoms with Gasteiger partial charge in [-0.15, -0.1) is 24.8 Å². The van der Waals surface area contributed by atoms with E-state index in [1.807, 2.05) is 6.07 Å². The Morgan fingerprint density at radius 2 is 1.69 bits per heavy atom. The van der Waals surface area contributed by atoms with Gasteiger partial charge in [0.05, 0.1) is 6.04 Å². The third-order valence-corrected chi connectivity index (χ3v) is 5.05. The smallest absolute Gasteiger partial charge is 0.236 e. The van der Waals surface area contributed by atoms with Crippen molar-refractivity contribution >= 4 is 30.7 Å². The van der Waals surface area contributed by atoms with Crippen LogP contribution in [-0.4, -0.2) is 24.0 Å². The lowest BCUT2D eigenvalue weighted by molar-refractivity contribution is -0.123. The number of hydrogen-bond acceptors (Lipinski definition) is 3. The van der Waals surface area contributed by atoms with Crippen molar-refractivity contribution in [2.24, 2.45) is 11.7 Å². The molecule has 0 radical (unpaired) electrons. The summed E-state index contributed by atoms with van der Waals surface area (Å²) >= 11 is 0. The molecule has 1 unspecified atom stereocenters. The number of amides is 1. The molecule has 0 aromatic heterocycles. The topological polar surface area (TPSA) is 67.2 Å². The van der Waals surface area contributed by atoms with E-state index in [4.69, 9.17) is 5.73 Å². The average Bonchev–Trinajstić information content (AvgIpc) is 3.01. The second-order valence-electron chi connectivity index (χ2n) is 7.72. The van der Waals surface area contributed by atoms with E-state index >= 15 is 0 Å². The van der Waals surface area contributed by atoms with Gasteiger partial charge in [0, 0.05) is 18.1 Å². The van der Waals surface area contributed by atoms with Crippen LogP contribution in [0.1, 0.15) is 64.5 Å². The largest absolute Gasteiger partial charge is 0.353 e. The van der Waals surface area contributed by atoms with Gasteiger partial charge in [-0.05, 0) is 37.7 Å². The summed E-state index contributed by atoms with van der Waals surface area (Å²) in [6.45, 7) is 7.04. The van der Waals surface area contributed by atoms with Gasteiger partial charge in [-0.25, -0.2) is 0 Å². The number of nitrogens with one attached hydrogen (secondary N) is 2. The van der Waals surface area contributed by atoms with Crippen LogP contribution in [0.5, 0.6) is 0 Å². The molecule has 1 aromatic carbocycles. The summed E-state index contributed by atoms with van der Waals surface area (Å²) in [5.74, 6) is 0.409. The zero-order valence-electron chi connectivity index (χ0n) is 16.2. The van der Waals surface area contributed by atoms with Crippen LogP contribution in [0.15, 0.2) is 30.3 Å². The molecule has 2 rings (SSSR count). The van der Waals surface area contributed by atoms with Crippen molar-refractivity contribution in [2.45, 2.75) is 70.5 Å². The molecular weight excluding hydrogens is 369 g/mol. The van der Waals surface area contributed by atoms with Crippen molar-refractivity contribution in [1.29, 1.82) is 0 Å². The first-order chi connectivity index (χ1) is 11.4. The Morgan fingerprint density at radius 1 is 1.12 bits per heavy atom. The van der Waals surface area contributed by atoms with E-state index in [2.05, 4.69) is 55.7 Å². The lowest BCUT2D eigenvalue weighted by atomic mass is 9.94. The second kappa shape index (κ2) is 11.8. The Balaban J connectivity index is 0.00000312. The molecule has 0 saturated heterocycles. The molecule has 1 saturated carbocycles. The fraction of sp³-hybridized carbons (Fsp3) is 0.650. The van der Waals surface area contributed by atoms with E-state index in [0.717, 1.165) is 19.3 Å². The summed E-state index contributed by atoms with van der Waals surface area (Å²) in [4.78, 5) is 12.3. The minimum absolute atomic E-state index is 0. The maximum atomic E-state index is 12.3. The highest BCUT2D eigenvalue weighted by Crippen LogP contribution is 2.31. The number of carbonyl (C=O) groups is 1. The number of carbonyl (C=O) groups excluding carboxylic acids is 1. The van der Waals surface area contributed by atoms with E-state index in [1.165, 1.54) is 18.4 Å². The summed E-state index contributed by atoms with van der Waals surface area (Å²) in [5, 5.41) is 6.89. The van der Waals surface area contributed by atoms with Gasteiger partial charge in [0.25, 0.3) is 0 Å². The molecule has 1 amide bonds. The predicted octanol–water partition coefficient (Wildman–Crippen LogP) is 3.98. The summed E-state index contributed by atoms with van der Waals surface area (Å²) < 4.78 is 0. The summed E-state index contributed by atoms with van der Waals surface area (Å²) in [6.07, 6.45) is 5.35. The summed E-state index contributed by atoms with van der Waals surface area (Å²) in [7, 11) is 0. The predicted molar refractivity (Wildman–Crippen MR) is 114 cm³/mol. The standard InChI is InChI=1S/C20H33N3O.2ClH/c1-15(2)13-18(21)19(24)22-14-20(11-7-8-12-20)23-16(3)17-9-5-4-6-10-17;;/h4-6,9-10,15-16,18,23H,7-8,11-14,21H2,1-3H3,(H,22,24);2*1H/t16?,18-;;/m0../s1. The molecule has 26 heavy (non-hydrogen) atoms. The van der Waals surface area contributed by atoms with Crippen LogP contribution in [0.4, 0.5) is 0 Å². The minimum atomic E-state index is -0.407. The first kappa shape index (κ1) is 25.2. The zero-order chi connectivity index (χ0) is 17.6. The van der Waals surface area contributed by atoms with E-state index in [1.54, 1.807) is 0 Å². The quantitative estimate of drug-likeness (QED) is 0.614. The fourth-order valence-corrected chi connectivity index (χ4v) is 3.71. The van der Waals surface area contributed by atoms with Crippen LogP contribution in [0.2, 0.25) is 0 Å². The summed E-state index contributed by atoms with van der Waals surface area (Å²) in [6, 6.07) is 10.3. The fourth-order valence-electron chi connectivity index (χ4n) is 3.71. The van der Waals surface area contributed by atoms with Crippen LogP contribution in [-0.2, 0) is 4.79 Å². The lowest BCUT2D eigenvalue weighted by Crippen LogP contribution is -2.54. The van der Waals surface area contributed by atoms with E-state index in [0.29, 0.717) is 12.5 Å². The van der Waals surface area contributed by atoms with Crippen molar-refractivity contribution in [1.82, 2.24) is 10.6 Å². The van der Waals surface area contributed by atoms with Gasteiger partial charge in [-0.3, -0.25) is 4.79 Å². The average molecular weight is 404 g/mol. The molecular formula is C20H35Cl2N3O. The third-order valence-electron chi connectivity index (χ3n) is 5.05. The molecule has 1 fully saturated rings. The molecule has 150 valence electrons. The molecule has 0 heterocycles. The normalized spacial score (nSPS) is 17.7. The van der Waals surface area contributed by atoms with Crippen molar-refractivity contribution in [3.05, 3.63) is 35.9 Å². The zero-order valence-corrected chi connectivity index (χ0v) is 17.8. The van der Waals surface area contributed by atoms with Gasteiger partial charge >= 0.3 is 0 Å². The highest BCUT2D eigenvalue weighted by molar-refractivity contribution is 5.85. The van der Waals surface area contributed by atoms with Gasteiger partial charge in [-0.1, -0.05) is 57.0 Å². The third kappa shape index (κ3) is 7.43. The van der Waals surface area contributed by atoms with Crippen molar-refractivity contribution in [3.8, 4) is 0 Å². The van der Waals surface area contributed by atoms with E-state index in [9.17, 15) is 4.79 Å². The van der Waals surface area contributed by atoms with Gasteiger partial charge < -0.3 is 16.4 Å². The first-order valence-electron chi connectivity index (χ1n) is 9.28. The Morgan fingerprint density at radius 3 is 2.23 bits per heavy atom. The number of halogens is 2. The molecule has 4 nitrogen and oxygen atoms in total. The van der Waals surface area contributed by atoms with Crippen molar-refractivity contribution < 1.29 is 4.79 Å². The molecule has 0 aliphatic heterocycles. The highest BCUT2D eigenvalue weighted by Gasteiger charge is 2.35. The first-order valence-corrected chi connectivity index (χ1v) is 9.28.